The van der Waals surface area contributed by atoms with Crippen molar-refractivity contribution >= 4 is 5.78 Å². The molecule has 0 saturated heterocycles. The van der Waals surface area contributed by atoms with E-state index in [1.54, 1.807) is 0 Å². The fourth-order valence-corrected chi connectivity index (χ4v) is 1.69. The molecule has 0 aliphatic heterocycles. The molecule has 0 rings (SSSR count). The topological polar surface area (TPSA) is 17.1 Å². The Labute approximate surface area is 81.9 Å². The second-order valence-electron chi connectivity index (χ2n) is 4.99. The Bertz CT molecular complexity index is 202. The summed E-state index contributed by atoms with van der Waals surface area (Å²) in [6.45, 7) is 8.68. The Kier molecular flexibility index (Phi) is 4.77. The average molecular weight is 180 g/mol. The first kappa shape index (κ1) is 12.2. The zero-order valence-corrected chi connectivity index (χ0v) is 9.18. The normalized spacial score (nSPS) is 13.5. The van der Waals surface area contributed by atoms with E-state index >= 15 is 0 Å². The quantitative estimate of drug-likeness (QED) is 0.608. The molecular formula is C12H20O. The van der Waals surface area contributed by atoms with Crippen molar-refractivity contribution in [1.29, 1.82) is 0 Å². The number of rotatable bonds is 4. The predicted octanol–water partition coefficient (Wildman–Crippen LogP) is 3.04. The van der Waals surface area contributed by atoms with E-state index in [9.17, 15) is 4.79 Å². The maximum Gasteiger partial charge on any atom is 0.145 e. The van der Waals surface area contributed by atoms with E-state index in [0.29, 0.717) is 17.8 Å². The zero-order valence-electron chi connectivity index (χ0n) is 9.18. The molecule has 0 amide bonds. The first-order chi connectivity index (χ1) is 5.85. The van der Waals surface area contributed by atoms with Gasteiger partial charge in [0, 0.05) is 6.42 Å². The Morgan fingerprint density at radius 1 is 1.46 bits per heavy atom. The molecule has 0 N–H and O–H groups in total. The van der Waals surface area contributed by atoms with Crippen LogP contribution in [-0.4, -0.2) is 5.78 Å². The van der Waals surface area contributed by atoms with Gasteiger partial charge in [0.25, 0.3) is 0 Å². The highest BCUT2D eigenvalue weighted by Gasteiger charge is 2.17. The smallest absolute Gasteiger partial charge is 0.145 e. The first-order valence-corrected chi connectivity index (χ1v) is 4.80. The lowest BCUT2D eigenvalue weighted by atomic mass is 9.83. The van der Waals surface area contributed by atoms with Crippen molar-refractivity contribution < 1.29 is 4.79 Å². The van der Waals surface area contributed by atoms with Gasteiger partial charge in [0.05, 0.1) is 6.42 Å². The average Bonchev–Trinajstić information content (AvgIpc) is 1.81. The summed E-state index contributed by atoms with van der Waals surface area (Å²) in [4.78, 5) is 11.2. The van der Waals surface area contributed by atoms with Crippen LogP contribution in [-0.2, 0) is 4.79 Å². The standard InChI is InChI=1S/C12H20O/c1-6-7-11(13)8-10(2)9-12(3,4)5/h1,10H,7-9H2,2-5H3. The van der Waals surface area contributed by atoms with E-state index < -0.39 is 0 Å². The van der Waals surface area contributed by atoms with E-state index in [1.807, 2.05) is 0 Å². The number of terminal acetylenes is 1. The number of carbonyl (C=O) groups is 1. The minimum Gasteiger partial charge on any atom is -0.299 e. The van der Waals surface area contributed by atoms with Crippen molar-refractivity contribution in [3.8, 4) is 12.3 Å². The van der Waals surface area contributed by atoms with Crippen molar-refractivity contribution in [3.63, 3.8) is 0 Å². The van der Waals surface area contributed by atoms with Gasteiger partial charge in [-0.05, 0) is 17.8 Å². The predicted molar refractivity (Wildman–Crippen MR) is 56.3 cm³/mol. The fourth-order valence-electron chi connectivity index (χ4n) is 1.69. The van der Waals surface area contributed by atoms with Crippen LogP contribution in [0.3, 0.4) is 0 Å². The highest BCUT2D eigenvalue weighted by atomic mass is 16.1. The molecule has 0 aromatic heterocycles. The van der Waals surface area contributed by atoms with Gasteiger partial charge in [0.15, 0.2) is 0 Å². The molecule has 13 heavy (non-hydrogen) atoms. The molecule has 1 atom stereocenters. The molecule has 0 heterocycles. The Balaban J connectivity index is 3.82. The van der Waals surface area contributed by atoms with Crippen molar-refractivity contribution in [3.05, 3.63) is 0 Å². The lowest BCUT2D eigenvalue weighted by Gasteiger charge is -2.22. The summed E-state index contributed by atoms with van der Waals surface area (Å²) in [7, 11) is 0. The first-order valence-electron chi connectivity index (χ1n) is 4.80. The van der Waals surface area contributed by atoms with Crippen molar-refractivity contribution in [2.75, 3.05) is 0 Å². The third-order valence-corrected chi connectivity index (χ3v) is 1.84. The molecule has 1 nitrogen and oxygen atoms in total. The van der Waals surface area contributed by atoms with Crippen molar-refractivity contribution in [2.24, 2.45) is 11.3 Å². The highest BCUT2D eigenvalue weighted by molar-refractivity contribution is 5.80. The van der Waals surface area contributed by atoms with E-state index in [2.05, 4.69) is 33.6 Å². The minimum atomic E-state index is 0.194. The van der Waals surface area contributed by atoms with Crippen LogP contribution in [0.5, 0.6) is 0 Å². The minimum absolute atomic E-state index is 0.194. The van der Waals surface area contributed by atoms with Gasteiger partial charge in [0.2, 0.25) is 0 Å². The number of hydrogen-bond acceptors (Lipinski definition) is 1. The largest absolute Gasteiger partial charge is 0.299 e. The molecule has 0 radical (unpaired) electrons. The number of carbonyl (C=O) groups excluding carboxylic acids is 1. The highest BCUT2D eigenvalue weighted by Crippen LogP contribution is 2.26. The van der Waals surface area contributed by atoms with Gasteiger partial charge >= 0.3 is 0 Å². The molecule has 0 aliphatic rings. The number of Topliss-reactive ketones (excluding diaryl/α,β-unsaturated/α-hetero) is 1. The fraction of sp³-hybridized carbons (Fsp3) is 0.750. The van der Waals surface area contributed by atoms with Crippen LogP contribution in [0.4, 0.5) is 0 Å². The summed E-state index contributed by atoms with van der Waals surface area (Å²) >= 11 is 0. The maximum absolute atomic E-state index is 11.2. The third-order valence-electron chi connectivity index (χ3n) is 1.84. The molecule has 0 fully saturated rings. The van der Waals surface area contributed by atoms with Crippen LogP contribution >= 0.6 is 0 Å². The molecule has 0 bridgehead atoms. The van der Waals surface area contributed by atoms with Crippen LogP contribution < -0.4 is 0 Å². The zero-order chi connectivity index (χ0) is 10.5. The molecule has 0 saturated carbocycles. The van der Waals surface area contributed by atoms with Crippen LogP contribution in [0.2, 0.25) is 0 Å². The van der Waals surface area contributed by atoms with Crippen LogP contribution in [0, 0.1) is 23.7 Å². The molecule has 0 aromatic carbocycles. The van der Waals surface area contributed by atoms with Gasteiger partial charge in [-0.1, -0.05) is 33.6 Å². The third kappa shape index (κ3) is 7.59. The van der Waals surface area contributed by atoms with Gasteiger partial charge in [0.1, 0.15) is 5.78 Å². The monoisotopic (exact) mass is 180 g/mol. The number of hydrogen-bond donors (Lipinski definition) is 0. The summed E-state index contributed by atoms with van der Waals surface area (Å²) in [6, 6.07) is 0. The van der Waals surface area contributed by atoms with E-state index in [1.165, 1.54) is 0 Å². The van der Waals surface area contributed by atoms with Crippen LogP contribution in [0.15, 0.2) is 0 Å². The van der Waals surface area contributed by atoms with Gasteiger partial charge in [-0.3, -0.25) is 4.79 Å². The van der Waals surface area contributed by atoms with Gasteiger partial charge in [-0.2, -0.15) is 0 Å². The molecule has 74 valence electrons. The summed E-state index contributed by atoms with van der Waals surface area (Å²) in [5.74, 6) is 3.03. The van der Waals surface area contributed by atoms with Crippen LogP contribution in [0.25, 0.3) is 0 Å². The number of ketones is 1. The van der Waals surface area contributed by atoms with Gasteiger partial charge < -0.3 is 0 Å². The summed E-state index contributed by atoms with van der Waals surface area (Å²) in [6.07, 6.45) is 7.05. The summed E-state index contributed by atoms with van der Waals surface area (Å²) in [5, 5.41) is 0. The van der Waals surface area contributed by atoms with Gasteiger partial charge in [-0.25, -0.2) is 0 Å². The lowest BCUT2D eigenvalue weighted by molar-refractivity contribution is -0.119. The molecule has 0 spiro atoms. The second-order valence-corrected chi connectivity index (χ2v) is 4.99. The Morgan fingerprint density at radius 3 is 2.38 bits per heavy atom. The SMILES string of the molecule is C#CCC(=O)CC(C)CC(C)(C)C. The van der Waals surface area contributed by atoms with E-state index in [4.69, 9.17) is 6.42 Å². The van der Waals surface area contributed by atoms with Gasteiger partial charge in [-0.15, -0.1) is 6.42 Å². The van der Waals surface area contributed by atoms with Crippen molar-refractivity contribution in [2.45, 2.75) is 47.0 Å². The summed E-state index contributed by atoms with van der Waals surface area (Å²) < 4.78 is 0. The van der Waals surface area contributed by atoms with Crippen LogP contribution in [0.1, 0.15) is 47.0 Å². The maximum atomic E-state index is 11.2. The molecule has 1 heteroatoms. The van der Waals surface area contributed by atoms with Crippen molar-refractivity contribution in [1.82, 2.24) is 0 Å². The van der Waals surface area contributed by atoms with E-state index in [0.717, 1.165) is 6.42 Å². The Morgan fingerprint density at radius 2 is 2.00 bits per heavy atom. The summed E-state index contributed by atoms with van der Waals surface area (Å²) in [5.41, 5.74) is 0.301. The second kappa shape index (κ2) is 5.07. The lowest BCUT2D eigenvalue weighted by Crippen LogP contribution is -2.13. The Hall–Kier alpha value is -0.770. The van der Waals surface area contributed by atoms with E-state index in [-0.39, 0.29) is 12.2 Å². The molecular weight excluding hydrogens is 160 g/mol. The molecule has 1 unspecified atom stereocenters. The molecule has 0 aliphatic carbocycles. The molecule has 0 aromatic rings.